The van der Waals surface area contributed by atoms with Crippen molar-refractivity contribution in [2.75, 3.05) is 12.4 Å². The summed E-state index contributed by atoms with van der Waals surface area (Å²) in [6, 6.07) is 21.0. The number of carbonyl (C=O) groups excluding carboxylic acids is 3. The summed E-state index contributed by atoms with van der Waals surface area (Å²) < 4.78 is 20.6. The van der Waals surface area contributed by atoms with Crippen molar-refractivity contribution in [3.05, 3.63) is 108 Å². The van der Waals surface area contributed by atoms with E-state index in [1.54, 1.807) is 34.9 Å². The predicted octanol–water partition coefficient (Wildman–Crippen LogP) is 1.85. The minimum Gasteiger partial charge on any atom is -0.550 e. The Bertz CT molecular complexity index is 1680. The summed E-state index contributed by atoms with van der Waals surface area (Å²) in [5.74, 6) is -2.84. The third-order valence-electron chi connectivity index (χ3n) is 7.13. The van der Waals surface area contributed by atoms with Crippen molar-refractivity contribution in [1.82, 2.24) is 4.57 Å². The largest absolute Gasteiger partial charge is 1.00 e. The molecule has 0 aliphatic rings. The fourth-order valence-corrected chi connectivity index (χ4v) is 5.16. The Labute approximate surface area is 288 Å². The normalized spacial score (nSPS) is 12.4. The van der Waals surface area contributed by atoms with Crippen LogP contribution in [0.3, 0.4) is 0 Å². The Morgan fingerprint density at radius 2 is 1.54 bits per heavy atom. The van der Waals surface area contributed by atoms with Crippen molar-refractivity contribution in [2.45, 2.75) is 44.9 Å². The van der Waals surface area contributed by atoms with E-state index in [4.69, 9.17) is 4.74 Å². The minimum absolute atomic E-state index is 0. The number of nitrogens with one attached hydrogen (secondary N) is 1. The summed E-state index contributed by atoms with van der Waals surface area (Å²) in [6.07, 6.45) is -0.390. The molecule has 0 radical (unpaired) electrons. The molecular formula is C35H34FN2NaO7. The molecule has 3 aromatic carbocycles. The molecule has 0 fully saturated rings. The van der Waals surface area contributed by atoms with E-state index in [2.05, 4.69) is 5.32 Å². The molecule has 11 heteroatoms. The fourth-order valence-electron chi connectivity index (χ4n) is 5.16. The van der Waals surface area contributed by atoms with Gasteiger partial charge in [-0.05, 0) is 67.4 Å². The number of aliphatic hydroxyl groups is 2. The van der Waals surface area contributed by atoms with Crippen LogP contribution in [0.5, 0.6) is 0 Å². The van der Waals surface area contributed by atoms with Gasteiger partial charge in [0.05, 0.1) is 24.9 Å². The summed E-state index contributed by atoms with van der Waals surface area (Å²) in [4.78, 5) is 37.0. The molecule has 0 bridgehead atoms. The zero-order valence-electron chi connectivity index (χ0n) is 26.1. The zero-order valence-corrected chi connectivity index (χ0v) is 28.1. The van der Waals surface area contributed by atoms with E-state index in [1.165, 1.54) is 37.5 Å². The van der Waals surface area contributed by atoms with Crippen LogP contribution in [-0.2, 0) is 9.53 Å². The maximum absolute atomic E-state index is 14.2. The number of aromatic nitrogens is 1. The number of nitrogens with zero attached hydrogens (tertiary/aromatic N) is 1. The Hall–Kier alpha value is -4.06. The van der Waals surface area contributed by atoms with Crippen molar-refractivity contribution in [3.8, 4) is 22.3 Å². The molecule has 1 amide bonds. The number of esters is 1. The first kappa shape index (κ1) is 36.4. The molecule has 0 aliphatic heterocycles. The molecule has 234 valence electrons. The quantitative estimate of drug-likeness (QED) is 0.159. The molecule has 4 rings (SSSR count). The number of ether oxygens (including phenoxy) is 1. The average Bonchev–Trinajstić information content (AvgIpc) is 3.36. The van der Waals surface area contributed by atoms with Crippen molar-refractivity contribution in [2.24, 2.45) is 0 Å². The van der Waals surface area contributed by atoms with E-state index in [9.17, 15) is 34.1 Å². The SMILES string of the molecule is COC(=O)c1ccc(NC(=O)c2c(-c3ccccc3)c(-c3ccc(F)cc3)c(C=C[C@@H](O)C[C@@H](O)CC(=O)[O-])n2C(C)C)cc1.[Na+]. The van der Waals surface area contributed by atoms with Gasteiger partial charge in [0.25, 0.3) is 5.91 Å². The number of rotatable bonds is 12. The number of carboxylic acids is 1. The van der Waals surface area contributed by atoms with E-state index < -0.39 is 42.3 Å². The Kier molecular flexibility index (Phi) is 13.0. The van der Waals surface area contributed by atoms with Gasteiger partial charge in [0.1, 0.15) is 11.5 Å². The maximum atomic E-state index is 14.2. The molecule has 3 N–H and O–H groups in total. The number of carboxylic acid groups (broad SMARTS) is 1. The average molecular weight is 637 g/mol. The molecule has 0 unspecified atom stereocenters. The van der Waals surface area contributed by atoms with Crippen LogP contribution < -0.4 is 40.0 Å². The first-order chi connectivity index (χ1) is 21.5. The smallest absolute Gasteiger partial charge is 0.550 e. The number of hydrogen-bond donors (Lipinski definition) is 3. The third-order valence-corrected chi connectivity index (χ3v) is 7.13. The first-order valence-electron chi connectivity index (χ1n) is 14.3. The number of anilines is 1. The van der Waals surface area contributed by atoms with Gasteiger partial charge in [0.15, 0.2) is 0 Å². The minimum atomic E-state index is -1.44. The summed E-state index contributed by atoms with van der Waals surface area (Å²) in [5.41, 5.74) is 4.04. The van der Waals surface area contributed by atoms with Crippen LogP contribution in [0.2, 0.25) is 0 Å². The van der Waals surface area contributed by atoms with Crippen molar-refractivity contribution >= 4 is 29.6 Å². The van der Waals surface area contributed by atoms with Gasteiger partial charge in [-0.25, -0.2) is 9.18 Å². The third kappa shape index (κ3) is 8.80. The van der Waals surface area contributed by atoms with E-state index in [-0.39, 0.29) is 42.0 Å². The van der Waals surface area contributed by atoms with Crippen LogP contribution in [0.25, 0.3) is 28.3 Å². The second-order valence-corrected chi connectivity index (χ2v) is 10.7. The van der Waals surface area contributed by atoms with Crippen LogP contribution in [0, 0.1) is 5.82 Å². The van der Waals surface area contributed by atoms with Gasteiger partial charge in [-0.1, -0.05) is 48.5 Å². The number of halogens is 1. The molecule has 0 aliphatic carbocycles. The second kappa shape index (κ2) is 16.5. The fraction of sp³-hybridized carbons (Fsp3) is 0.229. The maximum Gasteiger partial charge on any atom is 1.00 e. The van der Waals surface area contributed by atoms with Gasteiger partial charge in [-0.3, -0.25) is 4.79 Å². The van der Waals surface area contributed by atoms with E-state index in [1.807, 2.05) is 44.2 Å². The molecular weight excluding hydrogens is 602 g/mol. The topological polar surface area (TPSA) is 141 Å². The van der Waals surface area contributed by atoms with Gasteiger partial charge in [-0.15, -0.1) is 0 Å². The van der Waals surface area contributed by atoms with Crippen molar-refractivity contribution in [1.29, 1.82) is 0 Å². The van der Waals surface area contributed by atoms with Crippen LogP contribution in [0.1, 0.15) is 59.3 Å². The zero-order chi connectivity index (χ0) is 32.7. The summed E-state index contributed by atoms with van der Waals surface area (Å²) in [5, 5.41) is 34.5. The van der Waals surface area contributed by atoms with Crippen molar-refractivity contribution in [3.63, 3.8) is 0 Å². The summed E-state index contributed by atoms with van der Waals surface area (Å²) in [7, 11) is 1.28. The first-order valence-corrected chi connectivity index (χ1v) is 14.3. The summed E-state index contributed by atoms with van der Waals surface area (Å²) in [6.45, 7) is 3.78. The van der Waals surface area contributed by atoms with Crippen LogP contribution in [0.4, 0.5) is 10.1 Å². The number of hydrogen-bond acceptors (Lipinski definition) is 7. The van der Waals surface area contributed by atoms with E-state index in [0.717, 1.165) is 0 Å². The van der Waals surface area contributed by atoms with Gasteiger partial charge in [0.2, 0.25) is 0 Å². The van der Waals surface area contributed by atoms with Crippen LogP contribution >= 0.6 is 0 Å². The van der Waals surface area contributed by atoms with Crippen LogP contribution in [-0.4, -0.2) is 51.9 Å². The molecule has 9 nitrogen and oxygen atoms in total. The Morgan fingerprint density at radius 3 is 2.11 bits per heavy atom. The monoisotopic (exact) mass is 636 g/mol. The van der Waals surface area contributed by atoms with E-state index >= 15 is 0 Å². The Morgan fingerprint density at radius 1 is 0.935 bits per heavy atom. The number of carbonyl (C=O) groups is 3. The molecule has 0 spiro atoms. The molecule has 46 heavy (non-hydrogen) atoms. The molecule has 1 aromatic heterocycles. The van der Waals surface area contributed by atoms with E-state index in [0.29, 0.717) is 44.9 Å². The van der Waals surface area contributed by atoms with Gasteiger partial charge in [-0.2, -0.15) is 0 Å². The number of aliphatic carboxylic acids is 1. The number of amides is 1. The van der Waals surface area contributed by atoms with Crippen molar-refractivity contribution < 1.29 is 68.4 Å². The van der Waals surface area contributed by atoms with Gasteiger partial charge < -0.3 is 34.7 Å². The molecule has 4 aromatic rings. The van der Waals surface area contributed by atoms with Gasteiger partial charge in [0, 0.05) is 47.4 Å². The Balaban J connectivity index is 0.00000576. The standard InChI is InChI=1S/C35H35FN2O7.Na/c1-21(2)38-29(18-17-27(39)19-28(40)20-30(41)42)31(23-9-13-25(36)14-10-23)32(22-7-5-4-6-8-22)33(38)34(43)37-26-15-11-24(12-16-26)35(44)45-3;/h4-18,21,27-28,39-40H,19-20H2,1-3H3,(H,37,43)(H,41,42);/q;+1/p-1/t27-,28-;/m1./s1. The molecule has 0 saturated heterocycles. The van der Waals surface area contributed by atoms with Gasteiger partial charge >= 0.3 is 35.5 Å². The molecule has 2 atom stereocenters. The number of benzene rings is 3. The predicted molar refractivity (Wildman–Crippen MR) is 167 cm³/mol. The second-order valence-electron chi connectivity index (χ2n) is 10.7. The summed E-state index contributed by atoms with van der Waals surface area (Å²) >= 11 is 0. The number of methoxy groups -OCH3 is 1. The number of aliphatic hydroxyl groups excluding tert-OH is 2. The molecule has 0 saturated carbocycles. The molecule has 1 heterocycles. The van der Waals surface area contributed by atoms with Crippen LogP contribution in [0.15, 0.2) is 84.9 Å².